The molecule has 4 N–H and O–H groups in total. The molecule has 1 amide bonds. The van der Waals surface area contributed by atoms with Gasteiger partial charge in [-0.3, -0.25) is 4.79 Å². The zero-order valence-electron chi connectivity index (χ0n) is 7.70. The molecule has 0 saturated carbocycles. The Balaban J connectivity index is 3.01. The maximum atomic E-state index is 10.9. The summed E-state index contributed by atoms with van der Waals surface area (Å²) in [7, 11) is 0. The fourth-order valence-corrected chi connectivity index (χ4v) is 1.98. The van der Waals surface area contributed by atoms with Crippen LogP contribution >= 0.6 is 11.3 Å². The Bertz CT molecular complexity index is 321. The molecular formula is C8H13N3OS. The van der Waals surface area contributed by atoms with Gasteiger partial charge in [-0.2, -0.15) is 0 Å². The molecule has 72 valence electrons. The van der Waals surface area contributed by atoms with E-state index >= 15 is 0 Å². The highest BCUT2D eigenvalue weighted by Gasteiger charge is 2.15. The molecule has 0 radical (unpaired) electrons. The molecule has 0 aromatic carbocycles. The Labute approximate surface area is 81.0 Å². The van der Waals surface area contributed by atoms with Crippen LogP contribution in [0.4, 0.5) is 0 Å². The summed E-state index contributed by atoms with van der Waals surface area (Å²) in [5.41, 5.74) is 11.6. The van der Waals surface area contributed by atoms with E-state index in [4.69, 9.17) is 11.5 Å². The van der Waals surface area contributed by atoms with Crippen molar-refractivity contribution in [2.75, 3.05) is 0 Å². The van der Waals surface area contributed by atoms with E-state index in [1.54, 1.807) is 6.92 Å². The summed E-state index contributed by atoms with van der Waals surface area (Å²) in [6.45, 7) is 3.74. The number of nitrogens with zero attached hydrogens (tertiary/aromatic N) is 1. The molecule has 0 spiro atoms. The third-order valence-electron chi connectivity index (χ3n) is 1.79. The monoisotopic (exact) mass is 199 g/mol. The number of hydrogen-bond acceptors (Lipinski definition) is 4. The molecule has 0 fully saturated rings. The summed E-state index contributed by atoms with van der Waals surface area (Å²) < 4.78 is 0. The number of carbonyl (C=O) groups is 1. The van der Waals surface area contributed by atoms with Gasteiger partial charge in [-0.05, 0) is 13.3 Å². The lowest BCUT2D eigenvalue weighted by Gasteiger charge is -2.01. The average molecular weight is 199 g/mol. The molecule has 0 aliphatic heterocycles. The van der Waals surface area contributed by atoms with Crippen LogP contribution < -0.4 is 11.5 Å². The molecule has 1 heterocycles. The maximum Gasteiger partial charge on any atom is 0.260 e. The van der Waals surface area contributed by atoms with Crippen molar-refractivity contribution in [3.05, 3.63) is 15.6 Å². The Morgan fingerprint density at radius 3 is 2.69 bits per heavy atom. The molecule has 0 saturated heterocycles. The SMILES string of the molecule is CC[C@H](N)c1nc(C)c(C(N)=O)s1. The average Bonchev–Trinajstić information content (AvgIpc) is 2.46. The number of hydrogen-bond donors (Lipinski definition) is 2. The van der Waals surface area contributed by atoms with E-state index in [1.165, 1.54) is 11.3 Å². The molecular weight excluding hydrogens is 186 g/mol. The third-order valence-corrected chi connectivity index (χ3v) is 3.10. The first-order chi connectivity index (χ1) is 6.06. The van der Waals surface area contributed by atoms with Crippen LogP contribution in [0.1, 0.15) is 39.8 Å². The smallest absolute Gasteiger partial charge is 0.260 e. The van der Waals surface area contributed by atoms with Gasteiger partial charge in [0.15, 0.2) is 0 Å². The lowest BCUT2D eigenvalue weighted by molar-refractivity contribution is 0.100. The summed E-state index contributed by atoms with van der Waals surface area (Å²) >= 11 is 1.29. The second kappa shape index (κ2) is 3.85. The third kappa shape index (κ3) is 2.05. The summed E-state index contributed by atoms with van der Waals surface area (Å²) in [6.07, 6.45) is 0.811. The molecule has 0 bridgehead atoms. The van der Waals surface area contributed by atoms with E-state index in [-0.39, 0.29) is 6.04 Å². The van der Waals surface area contributed by atoms with E-state index < -0.39 is 5.91 Å². The van der Waals surface area contributed by atoms with E-state index in [0.29, 0.717) is 10.6 Å². The normalized spacial score (nSPS) is 12.8. The predicted octanol–water partition coefficient (Wildman–Crippen LogP) is 0.960. The number of thiazole rings is 1. The van der Waals surface area contributed by atoms with Gasteiger partial charge >= 0.3 is 0 Å². The van der Waals surface area contributed by atoms with Crippen LogP contribution in [-0.4, -0.2) is 10.9 Å². The van der Waals surface area contributed by atoms with E-state index in [2.05, 4.69) is 4.98 Å². The van der Waals surface area contributed by atoms with Crippen LogP contribution in [0.3, 0.4) is 0 Å². The Morgan fingerprint density at radius 2 is 2.31 bits per heavy atom. The van der Waals surface area contributed by atoms with Crippen LogP contribution in [0.2, 0.25) is 0 Å². The van der Waals surface area contributed by atoms with Gasteiger partial charge in [0.1, 0.15) is 9.88 Å². The van der Waals surface area contributed by atoms with Crippen LogP contribution in [-0.2, 0) is 0 Å². The number of carbonyl (C=O) groups excluding carboxylic acids is 1. The lowest BCUT2D eigenvalue weighted by atomic mass is 10.2. The first-order valence-corrected chi connectivity index (χ1v) is 4.90. The van der Waals surface area contributed by atoms with Gasteiger partial charge in [-0.1, -0.05) is 6.92 Å². The zero-order valence-corrected chi connectivity index (χ0v) is 8.52. The summed E-state index contributed by atoms with van der Waals surface area (Å²) in [6, 6.07) is -0.0863. The minimum Gasteiger partial charge on any atom is -0.365 e. The highest BCUT2D eigenvalue weighted by Crippen LogP contribution is 2.23. The molecule has 0 aliphatic carbocycles. The number of aryl methyl sites for hydroxylation is 1. The summed E-state index contributed by atoms with van der Waals surface area (Å²) in [5, 5.41) is 0.786. The molecule has 4 nitrogen and oxygen atoms in total. The highest BCUT2D eigenvalue weighted by molar-refractivity contribution is 7.13. The highest BCUT2D eigenvalue weighted by atomic mass is 32.1. The fourth-order valence-electron chi connectivity index (χ4n) is 0.979. The number of rotatable bonds is 3. The van der Waals surface area contributed by atoms with Crippen molar-refractivity contribution in [3.8, 4) is 0 Å². The Kier molecular flexibility index (Phi) is 3.00. The largest absolute Gasteiger partial charge is 0.365 e. The first-order valence-electron chi connectivity index (χ1n) is 4.09. The lowest BCUT2D eigenvalue weighted by Crippen LogP contribution is -2.10. The summed E-state index contributed by atoms with van der Waals surface area (Å²) in [5.74, 6) is -0.426. The topological polar surface area (TPSA) is 82.0 Å². The molecule has 5 heteroatoms. The number of aromatic nitrogens is 1. The molecule has 1 aromatic heterocycles. The molecule has 1 rings (SSSR count). The predicted molar refractivity (Wildman–Crippen MR) is 52.6 cm³/mol. The summed E-state index contributed by atoms with van der Waals surface area (Å²) in [4.78, 5) is 15.6. The van der Waals surface area contributed by atoms with Gasteiger partial charge < -0.3 is 11.5 Å². The van der Waals surface area contributed by atoms with E-state index in [1.807, 2.05) is 6.92 Å². The number of nitrogens with two attached hydrogens (primary N) is 2. The molecule has 1 aromatic rings. The second-order valence-corrected chi connectivity index (χ2v) is 3.88. The van der Waals surface area contributed by atoms with Crippen molar-refractivity contribution < 1.29 is 4.79 Å². The van der Waals surface area contributed by atoms with Gasteiger partial charge in [-0.25, -0.2) is 4.98 Å². The number of amides is 1. The van der Waals surface area contributed by atoms with Crippen LogP contribution in [0, 0.1) is 6.92 Å². The van der Waals surface area contributed by atoms with Gasteiger partial charge in [0.25, 0.3) is 5.91 Å². The van der Waals surface area contributed by atoms with E-state index in [0.717, 1.165) is 11.4 Å². The molecule has 13 heavy (non-hydrogen) atoms. The van der Waals surface area contributed by atoms with Crippen LogP contribution in [0.25, 0.3) is 0 Å². The first kappa shape index (κ1) is 10.1. The number of primary amides is 1. The minimum atomic E-state index is -0.426. The van der Waals surface area contributed by atoms with Crippen LogP contribution in [0.15, 0.2) is 0 Å². The van der Waals surface area contributed by atoms with Crippen molar-refractivity contribution in [2.45, 2.75) is 26.3 Å². The standard InChI is InChI=1S/C8H13N3OS/c1-3-5(9)8-11-4(2)6(13-8)7(10)12/h5H,3,9H2,1-2H3,(H2,10,12)/t5-/m0/s1. The maximum absolute atomic E-state index is 10.9. The quantitative estimate of drug-likeness (QED) is 0.760. The second-order valence-electron chi connectivity index (χ2n) is 2.85. The van der Waals surface area contributed by atoms with Gasteiger partial charge in [0.05, 0.1) is 11.7 Å². The minimum absolute atomic E-state index is 0.0863. The molecule has 0 unspecified atom stereocenters. The van der Waals surface area contributed by atoms with Crippen LogP contribution in [0.5, 0.6) is 0 Å². The van der Waals surface area contributed by atoms with Crippen molar-refractivity contribution in [1.29, 1.82) is 0 Å². The molecule has 1 atom stereocenters. The zero-order chi connectivity index (χ0) is 10.0. The van der Waals surface area contributed by atoms with Gasteiger partial charge in [0.2, 0.25) is 0 Å². The Morgan fingerprint density at radius 1 is 1.69 bits per heavy atom. The van der Waals surface area contributed by atoms with E-state index in [9.17, 15) is 4.79 Å². The van der Waals surface area contributed by atoms with Crippen molar-refractivity contribution in [2.24, 2.45) is 11.5 Å². The van der Waals surface area contributed by atoms with Gasteiger partial charge in [0, 0.05) is 0 Å². The molecule has 0 aliphatic rings. The van der Waals surface area contributed by atoms with Gasteiger partial charge in [-0.15, -0.1) is 11.3 Å². The Hall–Kier alpha value is -0.940. The van der Waals surface area contributed by atoms with Crippen molar-refractivity contribution in [3.63, 3.8) is 0 Å². The fraction of sp³-hybridized carbons (Fsp3) is 0.500. The van der Waals surface area contributed by atoms with Crippen molar-refractivity contribution >= 4 is 17.2 Å². The van der Waals surface area contributed by atoms with Crippen molar-refractivity contribution in [1.82, 2.24) is 4.98 Å².